The van der Waals surface area contributed by atoms with Gasteiger partial charge < -0.3 is 4.74 Å². The Balaban J connectivity index is 3.00. The number of hydrogen-bond acceptors (Lipinski definition) is 4. The number of hydrogen-bond donors (Lipinski definition) is 0. The molecule has 0 saturated heterocycles. The summed E-state index contributed by atoms with van der Waals surface area (Å²) in [6.07, 6.45) is 2.30. The van der Waals surface area contributed by atoms with Crippen LogP contribution < -0.4 is 0 Å². The van der Waals surface area contributed by atoms with Crippen LogP contribution in [0.5, 0.6) is 0 Å². The summed E-state index contributed by atoms with van der Waals surface area (Å²) in [5.41, 5.74) is 0. The molecule has 0 radical (unpaired) electrons. The zero-order valence-corrected chi connectivity index (χ0v) is 10.2. The molecule has 86 valence electrons. The van der Waals surface area contributed by atoms with E-state index in [2.05, 4.69) is 0 Å². The number of nitrogens with zero attached hydrogens (tertiary/aromatic N) is 1. The molecule has 0 aromatic carbocycles. The van der Waals surface area contributed by atoms with Crippen molar-refractivity contribution >= 4 is 9.84 Å². The van der Waals surface area contributed by atoms with Crippen LogP contribution in [0, 0.1) is 23.2 Å². The molecule has 0 aromatic heterocycles. The van der Waals surface area contributed by atoms with Crippen LogP contribution in [0.1, 0.15) is 19.8 Å². The molecule has 1 rings (SSSR count). The first-order valence-corrected chi connectivity index (χ1v) is 6.86. The zero-order chi connectivity index (χ0) is 11.7. The van der Waals surface area contributed by atoms with Crippen molar-refractivity contribution < 1.29 is 13.2 Å². The van der Waals surface area contributed by atoms with E-state index in [0.717, 1.165) is 12.7 Å². The third kappa shape index (κ3) is 2.01. The van der Waals surface area contributed by atoms with Crippen molar-refractivity contribution in [1.29, 1.82) is 5.26 Å². The maximum Gasteiger partial charge on any atom is 0.166 e. The number of rotatable bonds is 3. The molecule has 0 N–H and O–H groups in total. The second-order valence-electron chi connectivity index (χ2n) is 4.44. The van der Waals surface area contributed by atoms with Gasteiger partial charge in [0.25, 0.3) is 0 Å². The Labute approximate surface area is 91.1 Å². The Hall–Kier alpha value is -0.600. The van der Waals surface area contributed by atoms with Crippen molar-refractivity contribution in [1.82, 2.24) is 0 Å². The van der Waals surface area contributed by atoms with Gasteiger partial charge in [0.05, 0.1) is 6.07 Å². The van der Waals surface area contributed by atoms with E-state index in [9.17, 15) is 8.42 Å². The van der Waals surface area contributed by atoms with Gasteiger partial charge in [0.1, 0.15) is 0 Å². The van der Waals surface area contributed by atoms with Gasteiger partial charge in [-0.1, -0.05) is 6.92 Å². The molecule has 0 spiro atoms. The predicted molar refractivity (Wildman–Crippen MR) is 57.0 cm³/mol. The van der Waals surface area contributed by atoms with Crippen LogP contribution in [0.25, 0.3) is 0 Å². The van der Waals surface area contributed by atoms with Gasteiger partial charge in [-0.15, -0.1) is 0 Å². The molecule has 1 aliphatic rings. The molecule has 5 heteroatoms. The van der Waals surface area contributed by atoms with Gasteiger partial charge in [-0.25, -0.2) is 8.42 Å². The first-order valence-electron chi connectivity index (χ1n) is 4.97. The molecule has 3 atom stereocenters. The number of nitriles is 1. The van der Waals surface area contributed by atoms with E-state index in [4.69, 9.17) is 10.00 Å². The van der Waals surface area contributed by atoms with E-state index < -0.39 is 14.6 Å². The molecule has 0 bridgehead atoms. The predicted octanol–water partition coefficient (Wildman–Crippen LogP) is 0.986. The first-order chi connectivity index (χ1) is 6.87. The van der Waals surface area contributed by atoms with E-state index in [0.29, 0.717) is 13.0 Å². The Morgan fingerprint density at radius 2 is 2.20 bits per heavy atom. The topological polar surface area (TPSA) is 67.2 Å². The zero-order valence-electron chi connectivity index (χ0n) is 9.36. The Morgan fingerprint density at radius 1 is 1.60 bits per heavy atom. The van der Waals surface area contributed by atoms with E-state index in [1.807, 2.05) is 13.0 Å². The van der Waals surface area contributed by atoms with Gasteiger partial charge in [0.2, 0.25) is 0 Å². The highest BCUT2D eigenvalue weighted by Gasteiger charge is 2.52. The second-order valence-corrected chi connectivity index (χ2v) is 6.71. The fourth-order valence-corrected chi connectivity index (χ4v) is 4.05. The quantitative estimate of drug-likeness (QED) is 0.726. The largest absolute Gasteiger partial charge is 0.384 e. The lowest BCUT2D eigenvalue weighted by Crippen LogP contribution is -2.39. The van der Waals surface area contributed by atoms with Crippen LogP contribution in [0.2, 0.25) is 0 Å². The molecule has 4 nitrogen and oxygen atoms in total. The third-order valence-corrected chi connectivity index (χ3v) is 5.31. The standard InChI is InChI=1S/C10H17NO3S/c1-8-4-9(6-14-2)5-10(8,7-11)15(3,12)13/h8-9H,4-6H2,1-3H3/t8-,9-,10-/m1/s1. The molecule has 1 saturated carbocycles. The minimum atomic E-state index is -3.33. The van der Waals surface area contributed by atoms with Crippen molar-refractivity contribution in [2.75, 3.05) is 20.0 Å². The van der Waals surface area contributed by atoms with E-state index in [1.54, 1.807) is 7.11 Å². The summed E-state index contributed by atoms with van der Waals surface area (Å²) >= 11 is 0. The minimum absolute atomic E-state index is 0.113. The summed E-state index contributed by atoms with van der Waals surface area (Å²) in [6.45, 7) is 2.36. The van der Waals surface area contributed by atoms with Crippen molar-refractivity contribution in [3.8, 4) is 6.07 Å². The average Bonchev–Trinajstić information content (AvgIpc) is 2.43. The van der Waals surface area contributed by atoms with E-state index in [-0.39, 0.29) is 11.8 Å². The third-order valence-electron chi connectivity index (χ3n) is 3.33. The van der Waals surface area contributed by atoms with E-state index >= 15 is 0 Å². The smallest absolute Gasteiger partial charge is 0.166 e. The number of ether oxygens (including phenoxy) is 1. The molecule has 0 aromatic rings. The lowest BCUT2D eigenvalue weighted by Gasteiger charge is -2.23. The van der Waals surface area contributed by atoms with Gasteiger partial charge in [0, 0.05) is 20.0 Å². The van der Waals surface area contributed by atoms with Crippen molar-refractivity contribution in [2.45, 2.75) is 24.5 Å². The summed E-state index contributed by atoms with van der Waals surface area (Å²) in [7, 11) is -1.74. The Kier molecular flexibility index (Phi) is 3.41. The maximum atomic E-state index is 11.7. The van der Waals surface area contributed by atoms with Crippen LogP contribution in [0.15, 0.2) is 0 Å². The van der Waals surface area contributed by atoms with Gasteiger partial charge in [-0.3, -0.25) is 0 Å². The first kappa shape index (κ1) is 12.5. The van der Waals surface area contributed by atoms with Crippen LogP contribution in [0.3, 0.4) is 0 Å². The van der Waals surface area contributed by atoms with Crippen LogP contribution >= 0.6 is 0 Å². The van der Waals surface area contributed by atoms with Gasteiger partial charge in [-0.2, -0.15) is 5.26 Å². The second kappa shape index (κ2) is 4.11. The summed E-state index contributed by atoms with van der Waals surface area (Å²) in [5.74, 6) is 0.0667. The summed E-state index contributed by atoms with van der Waals surface area (Å²) in [6, 6.07) is 2.01. The summed E-state index contributed by atoms with van der Waals surface area (Å²) in [5, 5.41) is 9.14. The Morgan fingerprint density at radius 3 is 2.53 bits per heavy atom. The van der Waals surface area contributed by atoms with Crippen molar-refractivity contribution in [3.63, 3.8) is 0 Å². The Bertz CT molecular complexity index is 371. The van der Waals surface area contributed by atoms with Crippen LogP contribution in [0.4, 0.5) is 0 Å². The highest BCUT2D eigenvalue weighted by molar-refractivity contribution is 7.92. The number of methoxy groups -OCH3 is 1. The monoisotopic (exact) mass is 231 g/mol. The molecule has 0 unspecified atom stereocenters. The SMILES string of the molecule is COC[C@@H]1C[C@@H](C)[C@@](C#N)(S(C)(=O)=O)C1. The summed E-state index contributed by atoms with van der Waals surface area (Å²) in [4.78, 5) is 0. The van der Waals surface area contributed by atoms with Gasteiger partial charge >= 0.3 is 0 Å². The maximum absolute atomic E-state index is 11.7. The molecule has 1 fully saturated rings. The molecule has 15 heavy (non-hydrogen) atoms. The average molecular weight is 231 g/mol. The van der Waals surface area contributed by atoms with Gasteiger partial charge in [0.15, 0.2) is 14.6 Å². The molecular weight excluding hydrogens is 214 g/mol. The fraction of sp³-hybridized carbons (Fsp3) is 0.900. The molecule has 0 amide bonds. The fourth-order valence-electron chi connectivity index (χ4n) is 2.52. The van der Waals surface area contributed by atoms with Crippen molar-refractivity contribution in [3.05, 3.63) is 0 Å². The molecule has 0 aliphatic heterocycles. The normalized spacial score (nSPS) is 36.4. The molecule has 0 heterocycles. The highest BCUT2D eigenvalue weighted by Crippen LogP contribution is 2.44. The molecular formula is C10H17NO3S. The lowest BCUT2D eigenvalue weighted by molar-refractivity contribution is 0.153. The van der Waals surface area contributed by atoms with Gasteiger partial charge in [-0.05, 0) is 24.7 Å². The molecule has 1 aliphatic carbocycles. The van der Waals surface area contributed by atoms with E-state index in [1.165, 1.54) is 0 Å². The van der Waals surface area contributed by atoms with Crippen LogP contribution in [-0.4, -0.2) is 33.1 Å². The minimum Gasteiger partial charge on any atom is -0.384 e. The highest BCUT2D eigenvalue weighted by atomic mass is 32.2. The number of sulfone groups is 1. The van der Waals surface area contributed by atoms with Crippen LogP contribution in [-0.2, 0) is 14.6 Å². The lowest BCUT2D eigenvalue weighted by atomic mass is 9.99. The van der Waals surface area contributed by atoms with Crippen molar-refractivity contribution in [2.24, 2.45) is 11.8 Å². The summed E-state index contributed by atoms with van der Waals surface area (Å²) < 4.78 is 27.2.